The van der Waals surface area contributed by atoms with Crippen LogP contribution in [0.15, 0.2) is 109 Å². The second kappa shape index (κ2) is 15.3. The van der Waals surface area contributed by atoms with Crippen LogP contribution in [-0.4, -0.2) is 46.6 Å². The van der Waals surface area contributed by atoms with E-state index >= 15 is 0 Å². The van der Waals surface area contributed by atoms with Gasteiger partial charge in [-0.25, -0.2) is 0 Å². The maximum Gasteiger partial charge on any atom is 0.405 e. The van der Waals surface area contributed by atoms with Crippen LogP contribution < -0.4 is 10.6 Å². The van der Waals surface area contributed by atoms with Crippen LogP contribution in [0.5, 0.6) is 0 Å². The average molecular weight is 715 g/mol. The zero-order valence-corrected chi connectivity index (χ0v) is 29.1. The first-order chi connectivity index (χ1) is 24.2. The summed E-state index contributed by atoms with van der Waals surface area (Å²) in [6.07, 6.45) is 2.09. The summed E-state index contributed by atoms with van der Waals surface area (Å²) in [5.41, 5.74) is 4.99. The normalized spacial score (nSPS) is 16.6. The Morgan fingerprint density at radius 3 is 2.20 bits per heavy atom. The molecule has 1 aliphatic heterocycles. The molecule has 0 spiro atoms. The number of benzene rings is 4. The highest BCUT2D eigenvalue weighted by Gasteiger charge is 2.49. The van der Waals surface area contributed by atoms with E-state index in [4.69, 9.17) is 0 Å². The van der Waals surface area contributed by atoms with Gasteiger partial charge in [-0.3, -0.25) is 14.5 Å². The molecule has 0 bridgehead atoms. The van der Waals surface area contributed by atoms with E-state index in [-0.39, 0.29) is 24.4 Å². The van der Waals surface area contributed by atoms with Gasteiger partial charge in [-0.2, -0.15) is 13.2 Å². The number of alkyl halides is 3. The third kappa shape index (κ3) is 7.41. The lowest BCUT2D eigenvalue weighted by molar-refractivity contribution is -0.141. The summed E-state index contributed by atoms with van der Waals surface area (Å²) in [6.45, 7) is 0.897. The first-order valence-electron chi connectivity index (χ1n) is 17.5. The van der Waals surface area contributed by atoms with E-state index in [1.165, 1.54) is 5.56 Å². The molecule has 51 heavy (non-hydrogen) atoms. The van der Waals surface area contributed by atoms with Crippen LogP contribution in [0.25, 0.3) is 22.0 Å². The van der Waals surface area contributed by atoms with Gasteiger partial charge in [0.15, 0.2) is 0 Å². The van der Waals surface area contributed by atoms with E-state index in [9.17, 15) is 22.8 Å². The van der Waals surface area contributed by atoms with Crippen molar-refractivity contribution in [2.45, 2.75) is 69.2 Å². The van der Waals surface area contributed by atoms with Gasteiger partial charge in [-0.1, -0.05) is 91.3 Å². The molecule has 5 aromatic rings. The molecule has 2 amide bonds. The van der Waals surface area contributed by atoms with Crippen molar-refractivity contribution >= 4 is 40.8 Å². The number of aromatic nitrogens is 1. The Kier molecular flexibility index (Phi) is 10.9. The third-order valence-electron chi connectivity index (χ3n) is 10.3. The molecule has 1 fully saturated rings. The van der Waals surface area contributed by atoms with Gasteiger partial charge in [0.1, 0.15) is 12.0 Å². The molecule has 1 aliphatic carbocycles. The van der Waals surface area contributed by atoms with Crippen molar-refractivity contribution in [2.24, 2.45) is 0 Å². The van der Waals surface area contributed by atoms with Crippen molar-refractivity contribution in [2.75, 3.05) is 18.4 Å². The molecular weight excluding hydrogens is 673 g/mol. The molecule has 1 unspecified atom stereocenters. The third-order valence-corrected chi connectivity index (χ3v) is 10.3. The topological polar surface area (TPSA) is 66.4 Å². The van der Waals surface area contributed by atoms with Gasteiger partial charge >= 0.3 is 6.18 Å². The van der Waals surface area contributed by atoms with E-state index in [0.717, 1.165) is 71.2 Å². The lowest BCUT2D eigenvalue weighted by atomic mass is 9.73. The second-order valence-electron chi connectivity index (χ2n) is 13.5. The van der Waals surface area contributed by atoms with Crippen LogP contribution in [0.1, 0.15) is 55.2 Å². The summed E-state index contributed by atoms with van der Waals surface area (Å²) in [6, 6.07) is 33.1. The predicted molar refractivity (Wildman–Crippen MR) is 198 cm³/mol. The highest BCUT2D eigenvalue weighted by atomic mass is 35.5. The fraction of sp³-hybridized carbons (Fsp3) is 0.317. The summed E-state index contributed by atoms with van der Waals surface area (Å²) in [5.74, 6) is -0.619. The molecule has 2 heterocycles. The molecule has 4 aromatic carbocycles. The standard InChI is InChI=1S/C41H41F3N4O2.ClH/c42-41(43,44)28-45-39(50)40(33-17-6-4-15-30(33)31-16-5-7-18-34(31)40)23-9-11-24-47-26-22-32-35(19-12-21-36(32)47)46-38(49)37-20-8-10-25-48(37)27-29-13-2-1-3-14-29;/h1-7,12-19,21-22,26,37H,8-11,20,23-25,27-28H2,(H,45,50)(H,46,49);1H. The first kappa shape index (κ1) is 36.2. The Balaban J connectivity index is 0.00000448. The number of hydrogen-bond donors (Lipinski definition) is 2. The SMILES string of the molecule is Cl.O=C(Nc1cccc2c1ccn2CCCCC1(C(=O)NCC(F)(F)F)c2ccccc2-c2ccccc21)C1CCCCN1Cc1ccccc1. The summed E-state index contributed by atoms with van der Waals surface area (Å²) in [4.78, 5) is 29.8. The highest BCUT2D eigenvalue weighted by Crippen LogP contribution is 2.51. The molecule has 1 saturated heterocycles. The number of piperidine rings is 1. The Labute approximate surface area is 302 Å². The van der Waals surface area contributed by atoms with Gasteiger partial charge in [0.25, 0.3) is 0 Å². The van der Waals surface area contributed by atoms with E-state index < -0.39 is 24.0 Å². The maximum absolute atomic E-state index is 13.8. The van der Waals surface area contributed by atoms with Crippen molar-refractivity contribution in [3.8, 4) is 11.1 Å². The number of carbonyl (C=O) groups excluding carboxylic acids is 2. The number of amides is 2. The smallest absolute Gasteiger partial charge is 0.347 e. The first-order valence-corrected chi connectivity index (χ1v) is 17.5. The number of carbonyl (C=O) groups is 2. The number of nitrogens with zero attached hydrogens (tertiary/aromatic N) is 2. The van der Waals surface area contributed by atoms with Crippen molar-refractivity contribution in [3.63, 3.8) is 0 Å². The summed E-state index contributed by atoms with van der Waals surface area (Å²) in [7, 11) is 0. The van der Waals surface area contributed by atoms with Crippen LogP contribution in [0, 0.1) is 0 Å². The minimum absolute atomic E-state index is 0. The van der Waals surface area contributed by atoms with Crippen molar-refractivity contribution < 1.29 is 22.8 Å². The molecule has 1 atom stereocenters. The quantitative estimate of drug-likeness (QED) is 0.134. The van der Waals surface area contributed by atoms with Gasteiger partial charge in [0, 0.05) is 24.7 Å². The number of anilines is 1. The lowest BCUT2D eigenvalue weighted by Gasteiger charge is -2.34. The summed E-state index contributed by atoms with van der Waals surface area (Å²) >= 11 is 0. The van der Waals surface area contributed by atoms with Gasteiger partial charge in [0.05, 0.1) is 17.2 Å². The fourth-order valence-corrected chi connectivity index (χ4v) is 8.00. The lowest BCUT2D eigenvalue weighted by Crippen LogP contribution is -2.47. The fourth-order valence-electron chi connectivity index (χ4n) is 8.00. The van der Waals surface area contributed by atoms with Crippen LogP contribution in [-0.2, 0) is 28.1 Å². The Bertz CT molecular complexity index is 1950. The number of unbranched alkanes of at least 4 members (excludes halogenated alkanes) is 1. The van der Waals surface area contributed by atoms with E-state index in [0.29, 0.717) is 25.8 Å². The number of hydrogen-bond acceptors (Lipinski definition) is 3. The van der Waals surface area contributed by atoms with E-state index in [1.54, 1.807) is 0 Å². The van der Waals surface area contributed by atoms with Crippen LogP contribution in [0.4, 0.5) is 18.9 Å². The maximum atomic E-state index is 13.8. The molecule has 0 saturated carbocycles. The number of rotatable bonds is 11. The van der Waals surface area contributed by atoms with Crippen molar-refractivity contribution in [1.29, 1.82) is 0 Å². The number of fused-ring (bicyclic) bond motifs is 4. The minimum atomic E-state index is -4.51. The number of nitrogens with one attached hydrogen (secondary N) is 2. The van der Waals surface area contributed by atoms with Crippen molar-refractivity contribution in [3.05, 3.63) is 126 Å². The number of halogens is 4. The highest BCUT2D eigenvalue weighted by molar-refractivity contribution is 6.03. The van der Waals surface area contributed by atoms with E-state index in [1.807, 2.05) is 97.2 Å². The summed E-state index contributed by atoms with van der Waals surface area (Å²) < 4.78 is 41.9. The minimum Gasteiger partial charge on any atom is -0.347 e. The molecule has 2 aliphatic rings. The summed E-state index contributed by atoms with van der Waals surface area (Å²) in [5, 5.41) is 6.40. The largest absolute Gasteiger partial charge is 0.405 e. The number of likely N-dealkylation sites (tertiary alicyclic amines) is 1. The molecule has 7 rings (SSSR count). The molecular formula is C41H42ClF3N4O2. The molecule has 2 N–H and O–H groups in total. The molecule has 0 radical (unpaired) electrons. The Morgan fingerprint density at radius 1 is 0.804 bits per heavy atom. The Hall–Kier alpha value is -4.60. The van der Waals surface area contributed by atoms with E-state index in [2.05, 4.69) is 32.2 Å². The van der Waals surface area contributed by atoms with Gasteiger partial charge in [0.2, 0.25) is 11.8 Å². The van der Waals surface area contributed by atoms with Gasteiger partial charge in [-0.05, 0) is 84.7 Å². The van der Waals surface area contributed by atoms with Crippen molar-refractivity contribution in [1.82, 2.24) is 14.8 Å². The molecule has 10 heteroatoms. The van der Waals surface area contributed by atoms with Crippen LogP contribution >= 0.6 is 12.4 Å². The van der Waals surface area contributed by atoms with Crippen LogP contribution in [0.2, 0.25) is 0 Å². The molecule has 6 nitrogen and oxygen atoms in total. The second-order valence-corrected chi connectivity index (χ2v) is 13.5. The Morgan fingerprint density at radius 2 is 1.49 bits per heavy atom. The number of aryl methyl sites for hydroxylation is 1. The van der Waals surface area contributed by atoms with Gasteiger partial charge in [-0.15, -0.1) is 12.4 Å². The predicted octanol–water partition coefficient (Wildman–Crippen LogP) is 8.87. The average Bonchev–Trinajstić information content (AvgIpc) is 3.67. The zero-order valence-electron chi connectivity index (χ0n) is 28.3. The monoisotopic (exact) mass is 714 g/mol. The molecule has 1 aromatic heterocycles. The zero-order chi connectivity index (χ0) is 34.7. The molecule has 266 valence electrons. The van der Waals surface area contributed by atoms with Gasteiger partial charge < -0.3 is 15.2 Å². The van der Waals surface area contributed by atoms with Crippen LogP contribution in [0.3, 0.4) is 0 Å².